The van der Waals surface area contributed by atoms with Crippen LogP contribution in [0.5, 0.6) is 5.75 Å². The zero-order valence-corrected chi connectivity index (χ0v) is 18.0. The smallest absolute Gasteiger partial charge is 0.180 e. The third-order valence-corrected chi connectivity index (χ3v) is 4.91. The number of nitrogens with zero attached hydrogens (tertiary/aromatic N) is 4. The van der Waals surface area contributed by atoms with Gasteiger partial charge in [0.25, 0.3) is 0 Å². The van der Waals surface area contributed by atoms with E-state index < -0.39 is 17.2 Å². The van der Waals surface area contributed by atoms with Gasteiger partial charge < -0.3 is 10.5 Å². The molecule has 162 valence electrons. The summed E-state index contributed by atoms with van der Waals surface area (Å²) in [5.41, 5.74) is 9.66. The molecule has 2 N–H and O–H groups in total. The Morgan fingerprint density at radius 1 is 1.13 bits per heavy atom. The molecule has 0 unspecified atom stereocenters. The van der Waals surface area contributed by atoms with Crippen molar-refractivity contribution in [1.82, 2.24) is 19.2 Å². The summed E-state index contributed by atoms with van der Waals surface area (Å²) in [5.74, 6) is -0.828. The third kappa shape index (κ3) is 4.29. The molecule has 0 aliphatic carbocycles. The molecule has 0 saturated carbocycles. The molecule has 3 heterocycles. The van der Waals surface area contributed by atoms with Crippen molar-refractivity contribution in [3.63, 3.8) is 0 Å². The van der Waals surface area contributed by atoms with Crippen LogP contribution in [0.1, 0.15) is 30.7 Å². The summed E-state index contributed by atoms with van der Waals surface area (Å²) in [6.45, 7) is 8.06. The molecule has 0 spiro atoms. The summed E-state index contributed by atoms with van der Waals surface area (Å²) in [4.78, 5) is 4.66. The summed E-state index contributed by atoms with van der Waals surface area (Å²) in [5, 5.41) is 4.43. The number of hydrogen-bond donors (Lipinski definition) is 1. The molecule has 0 atom stereocenters. The molecule has 8 heteroatoms. The second kappa shape index (κ2) is 7.77. The van der Waals surface area contributed by atoms with Crippen LogP contribution in [0, 0.1) is 25.5 Å². The first-order chi connectivity index (χ1) is 14.6. The van der Waals surface area contributed by atoms with E-state index in [1.165, 1.54) is 18.2 Å². The van der Waals surface area contributed by atoms with Crippen molar-refractivity contribution in [2.75, 3.05) is 0 Å². The quantitative estimate of drug-likeness (QED) is 0.497. The summed E-state index contributed by atoms with van der Waals surface area (Å²) in [6, 6.07) is 5.57. The second-order valence-electron chi connectivity index (χ2n) is 8.53. The number of benzene rings is 1. The van der Waals surface area contributed by atoms with Gasteiger partial charge in [0.05, 0.1) is 29.7 Å². The number of aryl methyl sites for hydroxylation is 2. The maximum absolute atomic E-state index is 14.0. The topological polar surface area (TPSA) is 70.4 Å². The molecule has 31 heavy (non-hydrogen) atoms. The van der Waals surface area contributed by atoms with E-state index >= 15 is 0 Å². The number of fused-ring (bicyclic) bond motifs is 1. The Labute approximate surface area is 179 Å². The molecule has 0 radical (unpaired) electrons. The Morgan fingerprint density at radius 3 is 2.52 bits per heavy atom. The molecule has 4 rings (SSSR count). The van der Waals surface area contributed by atoms with Crippen LogP contribution in [-0.2, 0) is 13.2 Å². The van der Waals surface area contributed by atoms with Gasteiger partial charge in [-0.25, -0.2) is 13.8 Å². The molecular weight excluding hydrogens is 400 g/mol. The summed E-state index contributed by atoms with van der Waals surface area (Å²) in [7, 11) is 0. The number of rotatable bonds is 6. The fourth-order valence-corrected chi connectivity index (χ4v) is 3.62. The Morgan fingerprint density at radius 2 is 1.84 bits per heavy atom. The van der Waals surface area contributed by atoms with Gasteiger partial charge in [-0.2, -0.15) is 5.10 Å². The lowest BCUT2D eigenvalue weighted by atomic mass is 10.1. The van der Waals surface area contributed by atoms with E-state index in [9.17, 15) is 8.78 Å². The lowest BCUT2D eigenvalue weighted by Gasteiger charge is -2.17. The van der Waals surface area contributed by atoms with Gasteiger partial charge in [-0.3, -0.25) is 9.08 Å². The molecule has 0 amide bonds. The molecular formula is C23H25F2N5O. The van der Waals surface area contributed by atoms with E-state index in [1.807, 2.05) is 55.2 Å². The van der Waals surface area contributed by atoms with Gasteiger partial charge in [-0.1, -0.05) is 6.07 Å². The Kier molecular flexibility index (Phi) is 5.26. The predicted octanol–water partition coefficient (Wildman–Crippen LogP) is 4.41. The lowest BCUT2D eigenvalue weighted by Crippen LogP contribution is -2.37. The van der Waals surface area contributed by atoms with Crippen LogP contribution in [0.3, 0.4) is 0 Å². The van der Waals surface area contributed by atoms with Crippen molar-refractivity contribution in [2.45, 2.75) is 46.4 Å². The molecule has 4 aromatic rings. The number of nitrogens with two attached hydrogens (primary N) is 1. The second-order valence-corrected chi connectivity index (χ2v) is 8.53. The zero-order valence-electron chi connectivity index (χ0n) is 18.0. The summed E-state index contributed by atoms with van der Waals surface area (Å²) < 4.78 is 37.5. The summed E-state index contributed by atoms with van der Waals surface area (Å²) >= 11 is 0. The number of imidazole rings is 1. The normalized spacial score (nSPS) is 12.0. The SMILES string of the molecule is Cc1cc(OCc2c(F)cccc2F)c2nc(C)c(-c3cnn(CC(C)(C)N)c3)n2c1. The number of hydrogen-bond acceptors (Lipinski definition) is 4. The molecule has 0 aliphatic rings. The standard InChI is InChI=1S/C23H25F2N5O/c1-14-8-20(31-12-17-18(24)6-5-7-19(17)25)22-28-15(2)21(30(22)10-14)16-9-27-29(11-16)13-23(3,4)26/h5-11H,12-13,26H2,1-4H3. The molecule has 0 fully saturated rings. The van der Waals surface area contributed by atoms with Gasteiger partial charge in [0.15, 0.2) is 11.4 Å². The van der Waals surface area contributed by atoms with Crippen molar-refractivity contribution < 1.29 is 13.5 Å². The fourth-order valence-electron chi connectivity index (χ4n) is 3.62. The van der Waals surface area contributed by atoms with E-state index in [-0.39, 0.29) is 12.2 Å². The van der Waals surface area contributed by atoms with Crippen LogP contribution in [0.15, 0.2) is 42.9 Å². The van der Waals surface area contributed by atoms with Gasteiger partial charge >= 0.3 is 0 Å². The van der Waals surface area contributed by atoms with Crippen LogP contribution in [-0.4, -0.2) is 24.7 Å². The van der Waals surface area contributed by atoms with Gasteiger partial charge in [-0.05, 0) is 51.5 Å². The maximum atomic E-state index is 14.0. The molecule has 6 nitrogen and oxygen atoms in total. The van der Waals surface area contributed by atoms with Crippen LogP contribution in [0.2, 0.25) is 0 Å². The first kappa shape index (κ1) is 21.0. The van der Waals surface area contributed by atoms with Gasteiger partial charge in [-0.15, -0.1) is 0 Å². The highest BCUT2D eigenvalue weighted by Crippen LogP contribution is 2.31. The Hall–Kier alpha value is -3.26. The number of pyridine rings is 1. The third-order valence-electron chi connectivity index (χ3n) is 4.91. The van der Waals surface area contributed by atoms with Gasteiger partial charge in [0, 0.05) is 23.5 Å². The number of aromatic nitrogens is 4. The molecule has 3 aromatic heterocycles. The average molecular weight is 425 g/mol. The van der Waals surface area contributed by atoms with Crippen LogP contribution in [0.4, 0.5) is 8.78 Å². The van der Waals surface area contributed by atoms with Crippen molar-refractivity contribution >= 4 is 5.65 Å². The van der Waals surface area contributed by atoms with Crippen molar-refractivity contribution in [2.24, 2.45) is 5.73 Å². The average Bonchev–Trinajstić information content (AvgIpc) is 3.22. The van der Waals surface area contributed by atoms with Crippen LogP contribution < -0.4 is 10.5 Å². The minimum Gasteiger partial charge on any atom is -0.485 e. The van der Waals surface area contributed by atoms with Gasteiger partial charge in [0.1, 0.15) is 18.2 Å². The minimum atomic E-state index is -0.640. The number of ether oxygens (including phenoxy) is 1. The highest BCUT2D eigenvalue weighted by Gasteiger charge is 2.19. The largest absolute Gasteiger partial charge is 0.485 e. The van der Waals surface area contributed by atoms with Gasteiger partial charge in [0.2, 0.25) is 0 Å². The Balaban J connectivity index is 1.72. The zero-order chi connectivity index (χ0) is 22.3. The molecule has 0 bridgehead atoms. The van der Waals surface area contributed by atoms with Crippen LogP contribution in [0.25, 0.3) is 16.9 Å². The Bertz CT molecular complexity index is 1230. The molecule has 1 aromatic carbocycles. The molecule has 0 aliphatic heterocycles. The van der Waals surface area contributed by atoms with Crippen molar-refractivity contribution in [3.8, 4) is 17.0 Å². The fraction of sp³-hybridized carbons (Fsp3) is 0.304. The minimum absolute atomic E-state index is 0.115. The highest BCUT2D eigenvalue weighted by atomic mass is 19.1. The maximum Gasteiger partial charge on any atom is 0.180 e. The summed E-state index contributed by atoms with van der Waals surface area (Å²) in [6.07, 6.45) is 5.66. The number of halogens is 2. The molecule has 0 saturated heterocycles. The highest BCUT2D eigenvalue weighted by molar-refractivity contribution is 5.69. The van der Waals surface area contributed by atoms with E-state index in [2.05, 4.69) is 10.1 Å². The predicted molar refractivity (Wildman–Crippen MR) is 115 cm³/mol. The monoisotopic (exact) mass is 425 g/mol. The first-order valence-electron chi connectivity index (χ1n) is 9.99. The van der Waals surface area contributed by atoms with Crippen molar-refractivity contribution in [1.29, 1.82) is 0 Å². The van der Waals surface area contributed by atoms with Crippen LogP contribution >= 0.6 is 0 Å². The lowest BCUT2D eigenvalue weighted by molar-refractivity contribution is 0.294. The first-order valence-corrected chi connectivity index (χ1v) is 9.99. The van der Waals surface area contributed by atoms with E-state index in [1.54, 1.807) is 6.20 Å². The van der Waals surface area contributed by atoms with Crippen molar-refractivity contribution in [3.05, 3.63) is 71.3 Å². The van der Waals surface area contributed by atoms with E-state index in [0.717, 1.165) is 22.5 Å². The van der Waals surface area contributed by atoms with E-state index in [4.69, 9.17) is 10.5 Å². The van der Waals surface area contributed by atoms with E-state index in [0.29, 0.717) is 17.9 Å².